The van der Waals surface area contributed by atoms with Crippen LogP contribution in [0.15, 0.2) is 12.2 Å². The highest BCUT2D eigenvalue weighted by molar-refractivity contribution is 7.47. The van der Waals surface area contributed by atoms with Crippen molar-refractivity contribution in [1.82, 2.24) is 0 Å². The van der Waals surface area contributed by atoms with E-state index in [1.54, 1.807) is 0 Å². The first-order chi connectivity index (χ1) is 36.5. The maximum Gasteiger partial charge on any atom is 0.472 e. The molecule has 0 aliphatic heterocycles. The second-order valence-corrected chi connectivity index (χ2v) is 25.3. The average Bonchev–Trinajstić information content (AvgIpc) is 3.37. The largest absolute Gasteiger partial charge is 0.472 e. The molecule has 0 aliphatic rings. The molecule has 0 aliphatic carbocycles. The first-order valence-electron chi connectivity index (χ1n) is 32.9. The Morgan fingerprint density at radius 1 is 0.400 bits per heavy atom. The van der Waals surface area contributed by atoms with E-state index in [9.17, 15) is 19.0 Å². The average molecular weight is 1080 g/mol. The minimum absolute atomic E-state index is 0.0338. The number of rotatable bonds is 62. The van der Waals surface area contributed by atoms with E-state index in [0.717, 1.165) is 51.4 Å². The monoisotopic (exact) mass is 1080 g/mol. The van der Waals surface area contributed by atoms with Crippen LogP contribution >= 0.6 is 7.82 Å². The highest BCUT2D eigenvalue weighted by Crippen LogP contribution is 2.43. The Labute approximate surface area is 466 Å². The van der Waals surface area contributed by atoms with E-state index >= 15 is 0 Å². The van der Waals surface area contributed by atoms with Crippen LogP contribution in [-0.4, -0.2) is 74.9 Å². The van der Waals surface area contributed by atoms with Crippen molar-refractivity contribution in [3.63, 3.8) is 0 Å². The second-order valence-electron chi connectivity index (χ2n) is 23.9. The van der Waals surface area contributed by atoms with E-state index in [1.165, 1.54) is 257 Å². The molecular weight excluding hydrogens is 954 g/mol. The first-order valence-corrected chi connectivity index (χ1v) is 34.4. The van der Waals surface area contributed by atoms with Crippen LogP contribution in [0.25, 0.3) is 0 Å². The Balaban J connectivity index is 3.90. The fourth-order valence-electron chi connectivity index (χ4n) is 9.96. The molecule has 0 aromatic carbocycles. The molecule has 10 heteroatoms. The zero-order valence-electron chi connectivity index (χ0n) is 50.8. The first kappa shape index (κ1) is 73.8. The van der Waals surface area contributed by atoms with Gasteiger partial charge in [0.05, 0.1) is 27.7 Å². The molecule has 0 rings (SSSR count). The van der Waals surface area contributed by atoms with E-state index in [0.29, 0.717) is 23.9 Å². The summed E-state index contributed by atoms with van der Waals surface area (Å²) in [6, 6.07) is 0. The fourth-order valence-corrected chi connectivity index (χ4v) is 10.7. The standard InChI is InChI=1S/C65H128NO8P/c1-6-8-10-12-14-16-18-20-22-24-25-26-27-28-29-30-31-32-33-34-35-36-37-38-39-40-41-42-44-45-47-49-51-53-55-57-64(67)71-61-63(62-73-75(69,70)72-60-59-66(3,4)5)74-65(68)58-56-54-52-50-48-46-43-23-21-19-17-15-13-11-9-7-2/h23,43,63H,6-22,24-42,44-62H2,1-5H3/p+1/b43-23-. The van der Waals surface area contributed by atoms with Crippen LogP contribution < -0.4 is 0 Å². The van der Waals surface area contributed by atoms with Crippen molar-refractivity contribution in [2.24, 2.45) is 0 Å². The molecule has 0 spiro atoms. The minimum Gasteiger partial charge on any atom is -0.462 e. The zero-order chi connectivity index (χ0) is 54.9. The maximum atomic E-state index is 12.8. The van der Waals surface area contributed by atoms with Gasteiger partial charge in [0.25, 0.3) is 0 Å². The summed E-state index contributed by atoms with van der Waals surface area (Å²) < 4.78 is 34.6. The molecular formula is C65H129NO8P+. The van der Waals surface area contributed by atoms with Gasteiger partial charge >= 0.3 is 19.8 Å². The van der Waals surface area contributed by atoms with Crippen molar-refractivity contribution in [1.29, 1.82) is 0 Å². The number of esters is 2. The molecule has 75 heavy (non-hydrogen) atoms. The number of likely N-dealkylation sites (N-methyl/N-ethyl adjacent to an activating group) is 1. The van der Waals surface area contributed by atoms with Crippen molar-refractivity contribution in [3.8, 4) is 0 Å². The summed E-state index contributed by atoms with van der Waals surface area (Å²) >= 11 is 0. The van der Waals surface area contributed by atoms with E-state index in [4.69, 9.17) is 18.5 Å². The van der Waals surface area contributed by atoms with E-state index in [-0.39, 0.29) is 25.6 Å². The summed E-state index contributed by atoms with van der Waals surface area (Å²) in [7, 11) is 1.49. The number of phosphoric ester groups is 1. The van der Waals surface area contributed by atoms with Crippen LogP contribution in [0.3, 0.4) is 0 Å². The van der Waals surface area contributed by atoms with Gasteiger partial charge in [0.2, 0.25) is 0 Å². The van der Waals surface area contributed by atoms with Crippen LogP contribution in [0.4, 0.5) is 0 Å². The van der Waals surface area contributed by atoms with Crippen LogP contribution in [-0.2, 0) is 32.7 Å². The molecule has 2 atom stereocenters. The highest BCUT2D eigenvalue weighted by atomic mass is 31.2. The van der Waals surface area contributed by atoms with Crippen molar-refractivity contribution in [2.75, 3.05) is 47.5 Å². The zero-order valence-corrected chi connectivity index (χ0v) is 51.7. The predicted octanol–water partition coefficient (Wildman–Crippen LogP) is 20.8. The number of hydrogen-bond acceptors (Lipinski definition) is 7. The van der Waals surface area contributed by atoms with E-state index in [2.05, 4.69) is 26.0 Å². The molecule has 9 nitrogen and oxygen atoms in total. The lowest BCUT2D eigenvalue weighted by molar-refractivity contribution is -0.870. The number of carbonyl (C=O) groups excluding carboxylic acids is 2. The van der Waals surface area contributed by atoms with Crippen molar-refractivity contribution in [3.05, 3.63) is 12.2 Å². The topological polar surface area (TPSA) is 108 Å². The Kier molecular flexibility index (Phi) is 56.5. The smallest absolute Gasteiger partial charge is 0.462 e. The lowest BCUT2D eigenvalue weighted by Crippen LogP contribution is -2.37. The normalized spacial score (nSPS) is 13.2. The minimum atomic E-state index is -4.38. The molecule has 0 amide bonds. The molecule has 0 aromatic rings. The number of nitrogens with zero attached hydrogens (tertiary/aromatic N) is 1. The van der Waals surface area contributed by atoms with Crippen LogP contribution in [0.1, 0.15) is 341 Å². The van der Waals surface area contributed by atoms with Gasteiger partial charge in [0.15, 0.2) is 6.10 Å². The van der Waals surface area contributed by atoms with Crippen molar-refractivity contribution >= 4 is 19.8 Å². The molecule has 0 radical (unpaired) electrons. The Bertz CT molecular complexity index is 1270. The van der Waals surface area contributed by atoms with Gasteiger partial charge in [-0.2, -0.15) is 0 Å². The number of quaternary nitrogens is 1. The maximum absolute atomic E-state index is 12.8. The summed E-state index contributed by atoms with van der Waals surface area (Å²) in [6.45, 7) is 4.48. The molecule has 0 bridgehead atoms. The SMILES string of the molecule is CCCCCCCCC/C=C\CCCCCCCC(=O)OC(COC(=O)CCCCCCCCCCCCCCCCCCCCCCCCCCCCCCCCCCCCC)COP(=O)(O)OCC[N+](C)(C)C. The third-order valence-electron chi connectivity index (χ3n) is 15.0. The van der Waals surface area contributed by atoms with Crippen molar-refractivity contribution in [2.45, 2.75) is 347 Å². The fraction of sp³-hybridized carbons (Fsp3) is 0.938. The van der Waals surface area contributed by atoms with Gasteiger partial charge in [-0.1, -0.05) is 302 Å². The molecule has 446 valence electrons. The lowest BCUT2D eigenvalue weighted by atomic mass is 10.0. The van der Waals surface area contributed by atoms with Crippen LogP contribution in [0, 0.1) is 0 Å². The van der Waals surface area contributed by atoms with Gasteiger partial charge < -0.3 is 18.9 Å². The quantitative estimate of drug-likeness (QED) is 0.0211. The van der Waals surface area contributed by atoms with Gasteiger partial charge in [-0.05, 0) is 38.5 Å². The number of carbonyl (C=O) groups is 2. The number of phosphoric acid groups is 1. The molecule has 0 fully saturated rings. The molecule has 0 saturated carbocycles. The van der Waals surface area contributed by atoms with Crippen LogP contribution in [0.2, 0.25) is 0 Å². The number of ether oxygens (including phenoxy) is 2. The molecule has 2 unspecified atom stereocenters. The molecule has 0 aromatic heterocycles. The number of hydrogen-bond donors (Lipinski definition) is 1. The molecule has 1 N–H and O–H groups in total. The Morgan fingerprint density at radius 3 is 0.987 bits per heavy atom. The third-order valence-corrected chi connectivity index (χ3v) is 16.0. The van der Waals surface area contributed by atoms with Gasteiger partial charge in [0.1, 0.15) is 19.8 Å². The van der Waals surface area contributed by atoms with Gasteiger partial charge in [-0.25, -0.2) is 4.57 Å². The second kappa shape index (κ2) is 57.4. The summed E-state index contributed by atoms with van der Waals surface area (Å²) in [5, 5.41) is 0. The predicted molar refractivity (Wildman–Crippen MR) is 321 cm³/mol. The van der Waals surface area contributed by atoms with Crippen molar-refractivity contribution < 1.29 is 42.1 Å². The third kappa shape index (κ3) is 61.8. The summed E-state index contributed by atoms with van der Waals surface area (Å²) in [5.41, 5.74) is 0. The van der Waals surface area contributed by atoms with Gasteiger partial charge in [0, 0.05) is 12.8 Å². The van der Waals surface area contributed by atoms with Gasteiger partial charge in [-0.3, -0.25) is 18.6 Å². The number of allylic oxidation sites excluding steroid dienone is 2. The summed E-state index contributed by atoms with van der Waals surface area (Å²) in [4.78, 5) is 35.7. The van der Waals surface area contributed by atoms with E-state index < -0.39 is 26.5 Å². The number of unbranched alkanes of at least 4 members (excludes halogenated alkanes) is 46. The Morgan fingerprint density at radius 2 is 0.680 bits per heavy atom. The molecule has 0 heterocycles. The molecule has 0 saturated heterocycles. The van der Waals surface area contributed by atoms with E-state index in [1.807, 2.05) is 21.1 Å². The highest BCUT2D eigenvalue weighted by Gasteiger charge is 2.27. The van der Waals surface area contributed by atoms with Crippen LogP contribution in [0.5, 0.6) is 0 Å². The summed E-state index contributed by atoms with van der Waals surface area (Å²) in [5.74, 6) is -0.788. The summed E-state index contributed by atoms with van der Waals surface area (Å²) in [6.07, 6.45) is 69.0. The lowest BCUT2D eigenvalue weighted by Gasteiger charge is -2.24. The Hall–Kier alpha value is -1.25. The van der Waals surface area contributed by atoms with Gasteiger partial charge in [-0.15, -0.1) is 0 Å².